The van der Waals surface area contributed by atoms with Gasteiger partial charge in [-0.25, -0.2) is 0 Å². The zero-order valence-electron chi connectivity index (χ0n) is 24.1. The molecule has 0 unspecified atom stereocenters. The van der Waals surface area contributed by atoms with Gasteiger partial charge in [0, 0.05) is 35.6 Å². The Balaban J connectivity index is 1.27. The van der Waals surface area contributed by atoms with Crippen LogP contribution in [0.4, 0.5) is 0 Å². The van der Waals surface area contributed by atoms with Gasteiger partial charge in [0.05, 0.1) is 0 Å². The average Bonchev–Trinajstić information content (AvgIpc) is 2.98. The Morgan fingerprint density at radius 3 is 2.14 bits per heavy atom. The van der Waals surface area contributed by atoms with Crippen LogP contribution in [0.3, 0.4) is 0 Å². The number of ether oxygens (including phenoxy) is 1. The summed E-state index contributed by atoms with van der Waals surface area (Å²) in [6.45, 7) is 0. The minimum absolute atomic E-state index is 0.00457. The van der Waals surface area contributed by atoms with E-state index in [0.717, 1.165) is 50.2 Å². The molecule has 0 fully saturated rings. The van der Waals surface area contributed by atoms with E-state index >= 15 is 0 Å². The summed E-state index contributed by atoms with van der Waals surface area (Å²) >= 11 is 0. The van der Waals surface area contributed by atoms with E-state index in [9.17, 15) is 30.3 Å². The van der Waals surface area contributed by atoms with Gasteiger partial charge in [0.25, 0.3) is 0 Å². The number of rotatable bonds is 12. The fourth-order valence-electron chi connectivity index (χ4n) is 5.99. The highest BCUT2D eigenvalue weighted by Gasteiger charge is 2.36. The molecular weight excluding hydrogens is 544 g/mol. The number of unbranched alkanes of at least 4 members (excludes halogenated alkanes) is 5. The van der Waals surface area contributed by atoms with Crippen molar-refractivity contribution in [1.82, 2.24) is 0 Å². The Labute approximate surface area is 251 Å². The molecule has 43 heavy (non-hydrogen) atoms. The van der Waals surface area contributed by atoms with Crippen molar-refractivity contribution in [3.05, 3.63) is 107 Å². The van der Waals surface area contributed by atoms with Crippen molar-refractivity contribution in [2.45, 2.75) is 69.8 Å². The number of benzene rings is 4. The second-order valence-corrected chi connectivity index (χ2v) is 11.3. The molecule has 1 aliphatic rings. The molecule has 0 spiro atoms. The van der Waals surface area contributed by atoms with E-state index in [0.29, 0.717) is 24.2 Å². The quantitative estimate of drug-likeness (QED) is 0.0845. The van der Waals surface area contributed by atoms with E-state index in [1.54, 1.807) is 30.3 Å². The highest BCUT2D eigenvalue weighted by Crippen LogP contribution is 2.52. The number of fused-ring (bicyclic) bond motifs is 1. The molecule has 1 aliphatic heterocycles. The van der Waals surface area contributed by atoms with Gasteiger partial charge in [0.1, 0.15) is 46.2 Å². The number of carbonyl (C=O) groups is 1. The first-order valence-corrected chi connectivity index (χ1v) is 14.9. The Hall–Kier alpha value is -4.65. The third kappa shape index (κ3) is 7.05. The molecule has 1 heterocycles. The molecular formula is C36H38O7. The molecule has 0 amide bonds. The predicted molar refractivity (Wildman–Crippen MR) is 164 cm³/mol. The van der Waals surface area contributed by atoms with Crippen molar-refractivity contribution >= 4 is 5.78 Å². The van der Waals surface area contributed by atoms with Crippen LogP contribution >= 0.6 is 0 Å². The first-order chi connectivity index (χ1) is 20.8. The van der Waals surface area contributed by atoms with Crippen molar-refractivity contribution in [1.29, 1.82) is 0 Å². The van der Waals surface area contributed by atoms with E-state index in [1.807, 2.05) is 6.07 Å². The van der Waals surface area contributed by atoms with Crippen LogP contribution < -0.4 is 4.74 Å². The van der Waals surface area contributed by atoms with Crippen molar-refractivity contribution in [3.63, 3.8) is 0 Å². The minimum atomic E-state index is -0.605. The molecule has 0 radical (unpaired) electrons. The van der Waals surface area contributed by atoms with E-state index in [1.165, 1.54) is 17.7 Å². The molecule has 224 valence electrons. The van der Waals surface area contributed by atoms with Crippen LogP contribution in [0.15, 0.2) is 78.9 Å². The molecule has 4 aromatic carbocycles. The molecule has 5 rings (SSSR count). The third-order valence-corrected chi connectivity index (χ3v) is 8.24. The molecule has 7 heteroatoms. The Morgan fingerprint density at radius 2 is 1.40 bits per heavy atom. The molecule has 7 nitrogen and oxygen atoms in total. The predicted octanol–water partition coefficient (Wildman–Crippen LogP) is 8.03. The first-order valence-electron chi connectivity index (χ1n) is 14.9. The normalized spacial score (nSPS) is 15.9. The fraction of sp³-hybridized carbons (Fsp3) is 0.306. The lowest BCUT2D eigenvalue weighted by Gasteiger charge is -2.33. The largest absolute Gasteiger partial charge is 0.508 e. The summed E-state index contributed by atoms with van der Waals surface area (Å²) in [7, 11) is 0. The summed E-state index contributed by atoms with van der Waals surface area (Å²) in [4.78, 5) is 13.2. The van der Waals surface area contributed by atoms with E-state index in [-0.39, 0.29) is 40.6 Å². The molecule has 2 atom stereocenters. The van der Waals surface area contributed by atoms with Crippen molar-refractivity contribution in [3.8, 4) is 34.5 Å². The third-order valence-electron chi connectivity index (χ3n) is 8.24. The number of Topliss-reactive ketones (excluding diaryl/α,β-unsaturated/α-hetero) is 1. The molecule has 4 aromatic rings. The zero-order valence-corrected chi connectivity index (χ0v) is 24.1. The smallest absolute Gasteiger partial charge is 0.170 e. The van der Waals surface area contributed by atoms with Crippen LogP contribution in [0.5, 0.6) is 34.5 Å². The molecule has 0 aromatic heterocycles. The summed E-state index contributed by atoms with van der Waals surface area (Å²) in [5, 5.41) is 52.8. The van der Waals surface area contributed by atoms with Crippen LogP contribution in [-0.2, 0) is 6.42 Å². The number of ketones is 1. The number of hydrogen-bond donors (Lipinski definition) is 5. The van der Waals surface area contributed by atoms with Crippen LogP contribution in [0.2, 0.25) is 0 Å². The van der Waals surface area contributed by atoms with Gasteiger partial charge in [0.2, 0.25) is 0 Å². The maximum atomic E-state index is 13.2. The SMILES string of the molecule is O=C(CCCCCCCCc1ccccc1)c1c(O)cc(O)c([C@@H]2C[C@H](c3ccc(O)cc3)Oc3cc(O)ccc32)c1O. The summed E-state index contributed by atoms with van der Waals surface area (Å²) < 4.78 is 6.17. The molecule has 0 saturated heterocycles. The summed E-state index contributed by atoms with van der Waals surface area (Å²) in [5.74, 6) is -1.75. The van der Waals surface area contributed by atoms with Gasteiger partial charge in [0.15, 0.2) is 5.78 Å². The van der Waals surface area contributed by atoms with Crippen LogP contribution in [0, 0.1) is 0 Å². The number of phenolic OH excluding ortho intramolecular Hbond substituents is 5. The van der Waals surface area contributed by atoms with E-state index < -0.39 is 23.5 Å². The topological polar surface area (TPSA) is 127 Å². The minimum Gasteiger partial charge on any atom is -0.508 e. The lowest BCUT2D eigenvalue weighted by Crippen LogP contribution is -2.20. The zero-order chi connectivity index (χ0) is 30.3. The standard InChI is InChI=1S/C36H38O7/c37-25-16-14-24(15-17-25)32-21-28(27-19-18-26(38)20-33(27)43-32)34-30(40)22-31(41)35(36(34)42)29(39)13-9-4-2-1-3-6-10-23-11-7-5-8-12-23/h5,7-8,11-12,14-20,22,28,32,37-38,40-42H,1-4,6,9-10,13,21H2/t28-,32-/m1/s1. The Bertz CT molecular complexity index is 1550. The van der Waals surface area contributed by atoms with Crippen LogP contribution in [-0.4, -0.2) is 31.3 Å². The lowest BCUT2D eigenvalue weighted by atomic mass is 9.80. The number of hydrogen-bond acceptors (Lipinski definition) is 7. The molecule has 5 N–H and O–H groups in total. The Kier molecular flexibility index (Phi) is 9.40. The summed E-state index contributed by atoms with van der Waals surface area (Å²) in [6.07, 6.45) is 6.85. The second-order valence-electron chi connectivity index (χ2n) is 11.3. The van der Waals surface area contributed by atoms with Gasteiger partial charge in [-0.15, -0.1) is 0 Å². The highest BCUT2D eigenvalue weighted by molar-refractivity contribution is 6.02. The molecule has 0 aliphatic carbocycles. The van der Waals surface area contributed by atoms with Crippen molar-refractivity contribution in [2.24, 2.45) is 0 Å². The van der Waals surface area contributed by atoms with Gasteiger partial charge >= 0.3 is 0 Å². The van der Waals surface area contributed by atoms with Gasteiger partial charge in [-0.1, -0.05) is 74.2 Å². The lowest BCUT2D eigenvalue weighted by molar-refractivity contribution is 0.0973. The van der Waals surface area contributed by atoms with Crippen molar-refractivity contribution < 1.29 is 35.1 Å². The van der Waals surface area contributed by atoms with Gasteiger partial charge in [-0.2, -0.15) is 0 Å². The maximum Gasteiger partial charge on any atom is 0.170 e. The van der Waals surface area contributed by atoms with Gasteiger partial charge in [-0.05, 0) is 55.0 Å². The Morgan fingerprint density at radius 1 is 0.721 bits per heavy atom. The summed E-state index contributed by atoms with van der Waals surface area (Å²) in [5.41, 5.74) is 2.65. The van der Waals surface area contributed by atoms with E-state index in [2.05, 4.69) is 24.3 Å². The maximum absolute atomic E-state index is 13.2. The van der Waals surface area contributed by atoms with Crippen LogP contribution in [0.1, 0.15) is 96.0 Å². The number of aromatic hydroxyl groups is 5. The second kappa shape index (κ2) is 13.6. The van der Waals surface area contributed by atoms with Gasteiger partial charge < -0.3 is 30.3 Å². The number of aryl methyl sites for hydroxylation is 1. The average molecular weight is 583 g/mol. The monoisotopic (exact) mass is 582 g/mol. The van der Waals surface area contributed by atoms with Crippen molar-refractivity contribution in [2.75, 3.05) is 0 Å². The number of phenols is 5. The molecule has 0 saturated carbocycles. The fourth-order valence-corrected chi connectivity index (χ4v) is 5.99. The summed E-state index contributed by atoms with van der Waals surface area (Å²) in [6, 6.07) is 22.7. The van der Waals surface area contributed by atoms with E-state index in [4.69, 9.17) is 4.74 Å². The van der Waals surface area contributed by atoms with Gasteiger partial charge in [-0.3, -0.25) is 4.79 Å². The highest BCUT2D eigenvalue weighted by atomic mass is 16.5. The van der Waals surface area contributed by atoms with Crippen LogP contribution in [0.25, 0.3) is 0 Å². The molecule has 0 bridgehead atoms. The first kappa shape index (κ1) is 29.8. The number of carbonyl (C=O) groups excluding carboxylic acids is 1.